The molecule has 0 unspecified atom stereocenters. The monoisotopic (exact) mass is 482 g/mol. The van der Waals surface area contributed by atoms with Gasteiger partial charge in [0.25, 0.3) is 0 Å². The standard InChI is InChI=1S/C23H25F3N2O4S/c1-2-32-21-9-8-19(23(24,25)26)16-20(21)27-22(29)18-10-13-28(14-11-18)33(30,31)15-12-17-6-4-3-5-7-17/h3-9,12,15-16,18H,2,10-11,13-14H2,1H3,(H,27,29)/b15-12+. The number of sulfonamides is 1. The SMILES string of the molecule is CCOc1ccc(C(F)(F)F)cc1NC(=O)C1CCN(S(=O)(=O)/C=C/c2ccccc2)CC1. The van der Waals surface area contributed by atoms with Gasteiger partial charge in [0.05, 0.1) is 17.9 Å². The van der Waals surface area contributed by atoms with E-state index >= 15 is 0 Å². The summed E-state index contributed by atoms with van der Waals surface area (Å²) in [5.74, 6) is -0.851. The highest BCUT2D eigenvalue weighted by atomic mass is 32.2. The van der Waals surface area contributed by atoms with Crippen molar-refractivity contribution >= 4 is 27.7 Å². The molecule has 1 N–H and O–H groups in total. The lowest BCUT2D eigenvalue weighted by molar-refractivity contribution is -0.137. The van der Waals surface area contributed by atoms with Crippen molar-refractivity contribution in [3.63, 3.8) is 0 Å². The van der Waals surface area contributed by atoms with E-state index in [-0.39, 0.29) is 44.0 Å². The maximum absolute atomic E-state index is 13.1. The van der Waals surface area contributed by atoms with Crippen LogP contribution in [-0.2, 0) is 21.0 Å². The molecule has 0 spiro atoms. The van der Waals surface area contributed by atoms with E-state index in [1.54, 1.807) is 31.2 Å². The lowest BCUT2D eigenvalue weighted by atomic mass is 9.97. The Kier molecular flexibility index (Phi) is 7.80. The van der Waals surface area contributed by atoms with E-state index in [4.69, 9.17) is 4.74 Å². The van der Waals surface area contributed by atoms with Crippen LogP contribution >= 0.6 is 0 Å². The van der Waals surface area contributed by atoms with Crippen molar-refractivity contribution in [2.75, 3.05) is 25.0 Å². The Bertz CT molecular complexity index is 1090. The first kappa shape index (κ1) is 24.8. The molecule has 0 saturated carbocycles. The molecule has 0 atom stereocenters. The molecule has 2 aromatic carbocycles. The number of carbonyl (C=O) groups is 1. The van der Waals surface area contributed by atoms with Crippen LogP contribution in [0.4, 0.5) is 18.9 Å². The average molecular weight is 483 g/mol. The van der Waals surface area contributed by atoms with Crippen LogP contribution in [0.5, 0.6) is 5.75 Å². The molecular weight excluding hydrogens is 457 g/mol. The predicted molar refractivity (Wildman–Crippen MR) is 120 cm³/mol. The quantitative estimate of drug-likeness (QED) is 0.618. The number of amides is 1. The number of rotatable bonds is 7. The molecule has 6 nitrogen and oxygen atoms in total. The van der Waals surface area contributed by atoms with Gasteiger partial charge in [0, 0.05) is 24.4 Å². The minimum Gasteiger partial charge on any atom is -0.492 e. The molecule has 0 aliphatic carbocycles. The Labute approximate surface area is 191 Å². The normalized spacial score (nSPS) is 16.1. The topological polar surface area (TPSA) is 75.7 Å². The number of halogens is 3. The van der Waals surface area contributed by atoms with Crippen LogP contribution < -0.4 is 10.1 Å². The highest BCUT2D eigenvalue weighted by Gasteiger charge is 2.33. The van der Waals surface area contributed by atoms with Gasteiger partial charge < -0.3 is 10.1 Å². The summed E-state index contributed by atoms with van der Waals surface area (Å²) in [4.78, 5) is 12.7. The van der Waals surface area contributed by atoms with Crippen molar-refractivity contribution in [2.24, 2.45) is 5.92 Å². The average Bonchev–Trinajstić information content (AvgIpc) is 2.79. The van der Waals surface area contributed by atoms with Gasteiger partial charge in [0.1, 0.15) is 5.75 Å². The second kappa shape index (κ2) is 10.4. The van der Waals surface area contributed by atoms with Gasteiger partial charge in [-0.05, 0) is 49.6 Å². The molecule has 1 heterocycles. The van der Waals surface area contributed by atoms with Gasteiger partial charge in [-0.25, -0.2) is 8.42 Å². The second-order valence-corrected chi connectivity index (χ2v) is 9.38. The van der Waals surface area contributed by atoms with E-state index in [1.807, 2.05) is 6.07 Å². The Morgan fingerprint density at radius 2 is 1.82 bits per heavy atom. The summed E-state index contributed by atoms with van der Waals surface area (Å²) >= 11 is 0. The molecule has 3 rings (SSSR count). The van der Waals surface area contributed by atoms with Gasteiger partial charge >= 0.3 is 6.18 Å². The number of nitrogens with one attached hydrogen (secondary N) is 1. The minimum absolute atomic E-state index is 0.0579. The molecule has 0 radical (unpaired) electrons. The first-order valence-electron chi connectivity index (χ1n) is 10.5. The fourth-order valence-corrected chi connectivity index (χ4v) is 4.73. The molecule has 0 aromatic heterocycles. The maximum Gasteiger partial charge on any atom is 0.416 e. The summed E-state index contributed by atoms with van der Waals surface area (Å²) in [6.07, 6.45) is -2.53. The number of hydrogen-bond acceptors (Lipinski definition) is 4. The Hall–Kier alpha value is -2.85. The summed E-state index contributed by atoms with van der Waals surface area (Å²) < 4.78 is 71.1. The third kappa shape index (κ3) is 6.58. The molecule has 1 aliphatic rings. The molecule has 0 bridgehead atoms. The highest BCUT2D eigenvalue weighted by Crippen LogP contribution is 2.35. The molecular formula is C23H25F3N2O4S. The summed E-state index contributed by atoms with van der Waals surface area (Å²) in [5.41, 5.74) is -0.202. The molecule has 1 aliphatic heterocycles. The Morgan fingerprint density at radius 1 is 1.15 bits per heavy atom. The van der Waals surface area contributed by atoms with E-state index in [0.29, 0.717) is 0 Å². The van der Waals surface area contributed by atoms with E-state index < -0.39 is 33.6 Å². The molecule has 10 heteroatoms. The van der Waals surface area contributed by atoms with Gasteiger partial charge in [0.2, 0.25) is 15.9 Å². The van der Waals surface area contributed by atoms with Crippen molar-refractivity contribution in [2.45, 2.75) is 25.9 Å². The van der Waals surface area contributed by atoms with Crippen LogP contribution in [0.1, 0.15) is 30.9 Å². The molecule has 1 fully saturated rings. The van der Waals surface area contributed by atoms with Crippen LogP contribution in [-0.4, -0.2) is 38.3 Å². The zero-order chi connectivity index (χ0) is 24.1. The fourth-order valence-electron chi connectivity index (χ4n) is 3.51. The Balaban J connectivity index is 1.64. The number of carbonyl (C=O) groups excluding carboxylic acids is 1. The van der Waals surface area contributed by atoms with Crippen LogP contribution in [0.2, 0.25) is 0 Å². The van der Waals surface area contributed by atoms with Crippen molar-refractivity contribution in [3.8, 4) is 5.75 Å². The van der Waals surface area contributed by atoms with Gasteiger partial charge in [-0.15, -0.1) is 0 Å². The lowest BCUT2D eigenvalue weighted by Crippen LogP contribution is -2.40. The number of benzene rings is 2. The van der Waals surface area contributed by atoms with Gasteiger partial charge in [0.15, 0.2) is 0 Å². The lowest BCUT2D eigenvalue weighted by Gasteiger charge is -2.29. The third-order valence-electron chi connectivity index (χ3n) is 5.28. The summed E-state index contributed by atoms with van der Waals surface area (Å²) in [6, 6.07) is 11.9. The molecule has 1 amide bonds. The van der Waals surface area contributed by atoms with Gasteiger partial charge in [-0.1, -0.05) is 30.3 Å². The van der Waals surface area contributed by atoms with E-state index in [2.05, 4.69) is 5.32 Å². The van der Waals surface area contributed by atoms with Crippen LogP contribution in [0.15, 0.2) is 53.9 Å². The smallest absolute Gasteiger partial charge is 0.416 e. The zero-order valence-electron chi connectivity index (χ0n) is 18.0. The molecule has 178 valence electrons. The van der Waals surface area contributed by atoms with E-state index in [9.17, 15) is 26.4 Å². The molecule has 2 aromatic rings. The number of anilines is 1. The van der Waals surface area contributed by atoms with E-state index in [1.165, 1.54) is 16.4 Å². The summed E-state index contributed by atoms with van der Waals surface area (Å²) in [7, 11) is -3.65. The second-order valence-electron chi connectivity index (χ2n) is 7.56. The maximum atomic E-state index is 13.1. The zero-order valence-corrected chi connectivity index (χ0v) is 18.8. The number of piperidine rings is 1. The number of ether oxygens (including phenoxy) is 1. The van der Waals surface area contributed by atoms with Crippen LogP contribution in [0.25, 0.3) is 6.08 Å². The number of hydrogen-bond donors (Lipinski definition) is 1. The minimum atomic E-state index is -4.56. The summed E-state index contributed by atoms with van der Waals surface area (Å²) in [6.45, 7) is 2.19. The van der Waals surface area contributed by atoms with Crippen molar-refractivity contribution < 1.29 is 31.1 Å². The van der Waals surface area contributed by atoms with Gasteiger partial charge in [-0.2, -0.15) is 17.5 Å². The van der Waals surface area contributed by atoms with Crippen LogP contribution in [0, 0.1) is 5.92 Å². The predicted octanol–water partition coefficient (Wildman–Crippen LogP) is 4.76. The summed E-state index contributed by atoms with van der Waals surface area (Å²) in [5, 5.41) is 3.67. The van der Waals surface area contributed by atoms with Crippen molar-refractivity contribution in [1.29, 1.82) is 0 Å². The number of nitrogens with zero attached hydrogens (tertiary/aromatic N) is 1. The third-order valence-corrected chi connectivity index (χ3v) is 6.85. The molecule has 33 heavy (non-hydrogen) atoms. The first-order chi connectivity index (χ1) is 15.6. The number of alkyl halides is 3. The van der Waals surface area contributed by atoms with E-state index in [0.717, 1.165) is 23.1 Å². The largest absolute Gasteiger partial charge is 0.492 e. The fraction of sp³-hybridized carbons (Fsp3) is 0.348. The first-order valence-corrected chi connectivity index (χ1v) is 12.0. The highest BCUT2D eigenvalue weighted by molar-refractivity contribution is 7.92. The molecule has 1 saturated heterocycles. The van der Waals surface area contributed by atoms with Crippen molar-refractivity contribution in [1.82, 2.24) is 4.31 Å². The van der Waals surface area contributed by atoms with Gasteiger partial charge in [-0.3, -0.25) is 4.79 Å². The van der Waals surface area contributed by atoms with Crippen molar-refractivity contribution in [3.05, 3.63) is 65.1 Å². The van der Waals surface area contributed by atoms with Crippen LogP contribution in [0.3, 0.4) is 0 Å². The Morgan fingerprint density at radius 3 is 2.42 bits per heavy atom.